The number of rotatable bonds is 5. The summed E-state index contributed by atoms with van der Waals surface area (Å²) in [6, 6.07) is 21.7. The number of sulfonamides is 1. The van der Waals surface area contributed by atoms with E-state index >= 15 is 0 Å². The van der Waals surface area contributed by atoms with Crippen molar-refractivity contribution in [3.8, 4) is 16.9 Å². The van der Waals surface area contributed by atoms with Crippen LogP contribution in [0.5, 0.6) is 5.75 Å². The van der Waals surface area contributed by atoms with E-state index in [1.807, 2.05) is 54.6 Å². The van der Waals surface area contributed by atoms with Crippen LogP contribution in [0, 0.1) is 0 Å². The first-order valence-corrected chi connectivity index (χ1v) is 10.7. The van der Waals surface area contributed by atoms with Crippen LogP contribution in [0.3, 0.4) is 0 Å². The van der Waals surface area contributed by atoms with Crippen LogP contribution < -0.4 is 14.8 Å². The van der Waals surface area contributed by atoms with Crippen LogP contribution >= 0.6 is 0 Å². The third-order valence-corrected chi connectivity index (χ3v) is 6.28. The number of carbonyl (C=O) groups is 1. The average molecular weight is 408 g/mol. The monoisotopic (exact) mass is 408 g/mol. The molecular formula is C22H20N2O4S. The molecule has 0 saturated heterocycles. The highest BCUT2D eigenvalue weighted by atomic mass is 32.2. The lowest BCUT2D eigenvalue weighted by molar-refractivity contribution is -0.118. The second-order valence-corrected chi connectivity index (χ2v) is 8.54. The Morgan fingerprint density at radius 2 is 1.66 bits per heavy atom. The van der Waals surface area contributed by atoms with Gasteiger partial charge in [0.2, 0.25) is 10.0 Å². The zero-order valence-corrected chi connectivity index (χ0v) is 16.6. The number of hydrogen-bond acceptors (Lipinski definition) is 4. The molecule has 29 heavy (non-hydrogen) atoms. The van der Waals surface area contributed by atoms with Crippen molar-refractivity contribution in [1.29, 1.82) is 0 Å². The Kier molecular flexibility index (Phi) is 5.08. The fourth-order valence-electron chi connectivity index (χ4n) is 3.19. The van der Waals surface area contributed by atoms with Gasteiger partial charge >= 0.3 is 0 Å². The number of nitrogens with one attached hydrogen (secondary N) is 2. The van der Waals surface area contributed by atoms with Gasteiger partial charge in [-0.15, -0.1) is 0 Å². The maximum atomic E-state index is 12.8. The van der Waals surface area contributed by atoms with Crippen molar-refractivity contribution in [2.24, 2.45) is 0 Å². The normalized spacial score (nSPS) is 14.4. The summed E-state index contributed by atoms with van der Waals surface area (Å²) < 4.78 is 33.6. The molecule has 148 valence electrons. The van der Waals surface area contributed by atoms with Crippen LogP contribution in [-0.2, 0) is 14.8 Å². The maximum Gasteiger partial charge on any atom is 0.262 e. The van der Waals surface area contributed by atoms with Gasteiger partial charge in [-0.3, -0.25) is 4.79 Å². The van der Waals surface area contributed by atoms with Crippen LogP contribution in [0.1, 0.15) is 18.5 Å². The van der Waals surface area contributed by atoms with Gasteiger partial charge in [-0.2, -0.15) is 0 Å². The van der Waals surface area contributed by atoms with Gasteiger partial charge in [0.05, 0.1) is 10.6 Å². The number of anilines is 1. The summed E-state index contributed by atoms with van der Waals surface area (Å²) in [6.07, 6.45) is 0. The highest BCUT2D eigenvalue weighted by Gasteiger charge is 2.22. The summed E-state index contributed by atoms with van der Waals surface area (Å²) in [4.78, 5) is 11.5. The predicted molar refractivity (Wildman–Crippen MR) is 111 cm³/mol. The molecule has 0 spiro atoms. The number of ether oxygens (including phenoxy) is 1. The molecule has 0 aliphatic carbocycles. The highest BCUT2D eigenvalue weighted by Crippen LogP contribution is 2.30. The van der Waals surface area contributed by atoms with E-state index in [1.165, 1.54) is 12.1 Å². The molecule has 1 heterocycles. The van der Waals surface area contributed by atoms with Gasteiger partial charge in [0.15, 0.2) is 6.61 Å². The zero-order valence-electron chi connectivity index (χ0n) is 15.8. The van der Waals surface area contributed by atoms with Crippen LogP contribution in [-0.4, -0.2) is 20.9 Å². The molecule has 7 heteroatoms. The van der Waals surface area contributed by atoms with Gasteiger partial charge in [0.1, 0.15) is 5.75 Å². The fraction of sp³-hybridized carbons (Fsp3) is 0.136. The fourth-order valence-corrected chi connectivity index (χ4v) is 4.45. The van der Waals surface area contributed by atoms with E-state index in [-0.39, 0.29) is 17.4 Å². The molecule has 3 aromatic rings. The predicted octanol–water partition coefficient (Wildman–Crippen LogP) is 3.72. The number of amides is 1. The van der Waals surface area contributed by atoms with E-state index in [1.54, 1.807) is 13.0 Å². The summed E-state index contributed by atoms with van der Waals surface area (Å²) in [5.74, 6) is 0.139. The molecule has 3 aromatic carbocycles. The molecule has 0 bridgehead atoms. The van der Waals surface area contributed by atoms with E-state index in [2.05, 4.69) is 10.0 Å². The first-order valence-electron chi connectivity index (χ1n) is 9.17. The smallest absolute Gasteiger partial charge is 0.262 e. The lowest BCUT2D eigenvalue weighted by Crippen LogP contribution is -2.28. The molecular weight excluding hydrogens is 388 g/mol. The van der Waals surface area contributed by atoms with E-state index in [4.69, 9.17) is 4.74 Å². The van der Waals surface area contributed by atoms with E-state index in [0.717, 1.165) is 16.7 Å². The zero-order chi connectivity index (χ0) is 20.4. The van der Waals surface area contributed by atoms with E-state index in [9.17, 15) is 13.2 Å². The largest absolute Gasteiger partial charge is 0.482 e. The molecule has 6 nitrogen and oxygen atoms in total. The van der Waals surface area contributed by atoms with Crippen molar-refractivity contribution in [3.05, 3.63) is 78.4 Å². The molecule has 0 saturated carbocycles. The van der Waals surface area contributed by atoms with Crippen LogP contribution in [0.2, 0.25) is 0 Å². The molecule has 0 fully saturated rings. The van der Waals surface area contributed by atoms with Crippen molar-refractivity contribution in [2.45, 2.75) is 17.9 Å². The molecule has 1 unspecified atom stereocenters. The first kappa shape index (κ1) is 19.2. The number of benzene rings is 3. The van der Waals surface area contributed by atoms with Crippen molar-refractivity contribution in [3.63, 3.8) is 0 Å². The van der Waals surface area contributed by atoms with Crippen molar-refractivity contribution in [1.82, 2.24) is 4.72 Å². The van der Waals surface area contributed by atoms with Crippen molar-refractivity contribution in [2.75, 3.05) is 11.9 Å². The Labute approximate surface area is 169 Å². The third-order valence-electron chi connectivity index (χ3n) is 4.74. The van der Waals surface area contributed by atoms with Gasteiger partial charge < -0.3 is 10.1 Å². The molecule has 2 N–H and O–H groups in total. The first-order chi connectivity index (χ1) is 13.9. The maximum absolute atomic E-state index is 12.8. The van der Waals surface area contributed by atoms with Gasteiger partial charge in [-0.05, 0) is 41.8 Å². The molecule has 1 aliphatic rings. The Bertz CT molecular complexity index is 1140. The molecule has 4 rings (SSSR count). The summed E-state index contributed by atoms with van der Waals surface area (Å²) >= 11 is 0. The second kappa shape index (κ2) is 7.69. The minimum absolute atomic E-state index is 0.0646. The average Bonchev–Trinajstić information content (AvgIpc) is 2.73. The van der Waals surface area contributed by atoms with Gasteiger partial charge in [0, 0.05) is 6.04 Å². The SMILES string of the molecule is CC(NS(=O)(=O)c1ccc2c(c1)NC(=O)CO2)c1ccc(-c2ccccc2)cc1. The van der Waals surface area contributed by atoms with Gasteiger partial charge in [0.25, 0.3) is 5.91 Å². The van der Waals surface area contributed by atoms with Crippen molar-refractivity contribution < 1.29 is 17.9 Å². The Morgan fingerprint density at radius 3 is 2.38 bits per heavy atom. The van der Waals surface area contributed by atoms with Crippen LogP contribution in [0.25, 0.3) is 11.1 Å². The molecule has 1 atom stereocenters. The summed E-state index contributed by atoms with van der Waals surface area (Å²) in [5.41, 5.74) is 3.37. The Hall–Kier alpha value is -3.16. The Balaban J connectivity index is 1.52. The van der Waals surface area contributed by atoms with Crippen molar-refractivity contribution >= 4 is 21.6 Å². The summed E-state index contributed by atoms with van der Waals surface area (Å²) in [7, 11) is -3.78. The van der Waals surface area contributed by atoms with Gasteiger partial charge in [-0.1, -0.05) is 54.6 Å². The second-order valence-electron chi connectivity index (χ2n) is 6.83. The Morgan fingerprint density at radius 1 is 0.966 bits per heavy atom. The van der Waals surface area contributed by atoms with Crippen LogP contribution in [0.4, 0.5) is 5.69 Å². The highest BCUT2D eigenvalue weighted by molar-refractivity contribution is 7.89. The minimum Gasteiger partial charge on any atom is -0.482 e. The summed E-state index contributed by atoms with van der Waals surface area (Å²) in [6.45, 7) is 1.71. The van der Waals surface area contributed by atoms with Gasteiger partial charge in [-0.25, -0.2) is 13.1 Å². The third kappa shape index (κ3) is 4.16. The molecule has 0 radical (unpaired) electrons. The molecule has 1 aliphatic heterocycles. The lowest BCUT2D eigenvalue weighted by atomic mass is 10.0. The topological polar surface area (TPSA) is 84.5 Å². The number of hydrogen-bond donors (Lipinski definition) is 2. The number of carbonyl (C=O) groups excluding carboxylic acids is 1. The quantitative estimate of drug-likeness (QED) is 0.674. The van der Waals surface area contributed by atoms with E-state index < -0.39 is 16.1 Å². The van der Waals surface area contributed by atoms with Crippen LogP contribution in [0.15, 0.2) is 77.7 Å². The number of fused-ring (bicyclic) bond motifs is 1. The summed E-state index contributed by atoms with van der Waals surface area (Å²) in [5, 5.41) is 2.62. The lowest BCUT2D eigenvalue weighted by Gasteiger charge is -2.19. The minimum atomic E-state index is -3.78. The molecule has 0 aromatic heterocycles. The molecule has 1 amide bonds. The van der Waals surface area contributed by atoms with E-state index in [0.29, 0.717) is 11.4 Å². The standard InChI is InChI=1S/C22H20N2O4S/c1-15(16-7-9-18(10-8-16)17-5-3-2-4-6-17)24-29(26,27)19-11-12-21-20(13-19)23-22(25)14-28-21/h2-13,15,24H,14H2,1H3,(H,23,25).